The van der Waals surface area contributed by atoms with Crippen molar-refractivity contribution in [3.05, 3.63) is 35.9 Å². The summed E-state index contributed by atoms with van der Waals surface area (Å²) in [7, 11) is 1.98. The van der Waals surface area contributed by atoms with Crippen LogP contribution in [-0.2, 0) is 16.1 Å². The van der Waals surface area contributed by atoms with Crippen LogP contribution in [0.5, 0.6) is 0 Å². The average Bonchev–Trinajstić information content (AvgIpc) is 3.01. The zero-order valence-corrected chi connectivity index (χ0v) is 16.3. The second-order valence-electron chi connectivity index (χ2n) is 7.32. The van der Waals surface area contributed by atoms with Crippen LogP contribution >= 0.6 is 12.4 Å². The first-order valence-electron chi connectivity index (χ1n) is 9.42. The molecule has 6 heteroatoms. The number of hydrogen-bond donors (Lipinski definition) is 1. The van der Waals surface area contributed by atoms with E-state index in [4.69, 9.17) is 0 Å². The van der Waals surface area contributed by atoms with E-state index in [1.807, 2.05) is 47.2 Å². The fraction of sp³-hybridized carbons (Fsp3) is 0.600. The number of likely N-dealkylation sites (tertiary alicyclic amines) is 2. The molecule has 144 valence electrons. The summed E-state index contributed by atoms with van der Waals surface area (Å²) in [5.41, 5.74) is 1.12. The summed E-state index contributed by atoms with van der Waals surface area (Å²) in [4.78, 5) is 28.9. The van der Waals surface area contributed by atoms with Gasteiger partial charge in [-0.15, -0.1) is 12.4 Å². The van der Waals surface area contributed by atoms with E-state index in [0.29, 0.717) is 19.5 Å². The average molecular weight is 380 g/mol. The molecule has 0 radical (unpaired) electrons. The number of carbonyl (C=O) groups excluding carboxylic acids is 2. The number of benzene rings is 1. The third kappa shape index (κ3) is 5.21. The molecule has 0 spiro atoms. The molecule has 2 saturated heterocycles. The van der Waals surface area contributed by atoms with Gasteiger partial charge in [0.2, 0.25) is 11.8 Å². The van der Waals surface area contributed by atoms with Gasteiger partial charge in [-0.3, -0.25) is 9.59 Å². The summed E-state index contributed by atoms with van der Waals surface area (Å²) in [6.07, 6.45) is 3.72. The Morgan fingerprint density at radius 1 is 1.19 bits per heavy atom. The molecule has 1 aromatic rings. The van der Waals surface area contributed by atoms with E-state index in [-0.39, 0.29) is 30.1 Å². The molecule has 5 nitrogen and oxygen atoms in total. The van der Waals surface area contributed by atoms with Crippen molar-refractivity contribution >= 4 is 24.2 Å². The Bertz CT molecular complexity index is 588. The number of carbonyl (C=O) groups is 2. The summed E-state index contributed by atoms with van der Waals surface area (Å²) in [6.45, 7) is 3.90. The SMILES string of the molecule is CNCCC1CCN(C(=O)C2CC(=O)N(Cc3ccccc3)C2)CC1.Cl. The van der Waals surface area contributed by atoms with E-state index in [9.17, 15) is 9.59 Å². The predicted octanol–water partition coefficient (Wildman–Crippen LogP) is 2.31. The molecule has 2 fully saturated rings. The van der Waals surface area contributed by atoms with Gasteiger partial charge >= 0.3 is 0 Å². The normalized spacial score (nSPS) is 21.0. The van der Waals surface area contributed by atoms with Gasteiger partial charge in [0.15, 0.2) is 0 Å². The van der Waals surface area contributed by atoms with Crippen molar-refractivity contribution in [1.82, 2.24) is 15.1 Å². The van der Waals surface area contributed by atoms with Crippen molar-refractivity contribution in [2.24, 2.45) is 11.8 Å². The first kappa shape index (κ1) is 20.7. The van der Waals surface area contributed by atoms with Crippen LogP contribution in [0.15, 0.2) is 30.3 Å². The van der Waals surface area contributed by atoms with Gasteiger partial charge in [0.05, 0.1) is 5.92 Å². The Balaban J connectivity index is 0.00000243. The van der Waals surface area contributed by atoms with E-state index >= 15 is 0 Å². The van der Waals surface area contributed by atoms with E-state index in [0.717, 1.165) is 44.0 Å². The highest BCUT2D eigenvalue weighted by Crippen LogP contribution is 2.26. The molecule has 1 N–H and O–H groups in total. The molecule has 1 atom stereocenters. The van der Waals surface area contributed by atoms with E-state index < -0.39 is 0 Å². The fourth-order valence-electron chi connectivity index (χ4n) is 3.94. The Morgan fingerprint density at radius 2 is 1.88 bits per heavy atom. The Hall–Kier alpha value is -1.59. The lowest BCUT2D eigenvalue weighted by Gasteiger charge is -2.33. The van der Waals surface area contributed by atoms with Crippen LogP contribution in [0.4, 0.5) is 0 Å². The third-order valence-corrected chi connectivity index (χ3v) is 5.51. The number of piperidine rings is 1. The largest absolute Gasteiger partial charge is 0.342 e. The van der Waals surface area contributed by atoms with Crippen LogP contribution in [-0.4, -0.2) is 54.8 Å². The second-order valence-corrected chi connectivity index (χ2v) is 7.32. The van der Waals surface area contributed by atoms with Crippen molar-refractivity contribution in [2.75, 3.05) is 33.2 Å². The van der Waals surface area contributed by atoms with Gasteiger partial charge in [-0.2, -0.15) is 0 Å². The molecule has 0 aromatic heterocycles. The standard InChI is InChI=1S/C20H29N3O2.ClH/c1-21-10-7-16-8-11-22(12-9-16)20(25)18-13-19(24)23(15-18)14-17-5-3-2-4-6-17;/h2-6,16,18,21H,7-15H2,1H3;1H. The third-order valence-electron chi connectivity index (χ3n) is 5.51. The van der Waals surface area contributed by atoms with Gasteiger partial charge in [0.25, 0.3) is 0 Å². The summed E-state index contributed by atoms with van der Waals surface area (Å²) in [6, 6.07) is 9.99. The van der Waals surface area contributed by atoms with Crippen LogP contribution in [0.2, 0.25) is 0 Å². The quantitative estimate of drug-likeness (QED) is 0.825. The molecule has 3 rings (SSSR count). The maximum atomic E-state index is 12.8. The molecule has 26 heavy (non-hydrogen) atoms. The van der Waals surface area contributed by atoms with Crippen LogP contribution in [0.25, 0.3) is 0 Å². The van der Waals surface area contributed by atoms with Crippen molar-refractivity contribution in [3.8, 4) is 0 Å². The van der Waals surface area contributed by atoms with Gasteiger partial charge in [-0.05, 0) is 44.3 Å². The lowest BCUT2D eigenvalue weighted by molar-refractivity contribution is -0.137. The zero-order chi connectivity index (χ0) is 17.6. The number of amides is 2. The summed E-state index contributed by atoms with van der Waals surface area (Å²) in [5.74, 6) is 0.837. The monoisotopic (exact) mass is 379 g/mol. The second kappa shape index (κ2) is 9.93. The Kier molecular flexibility index (Phi) is 7.91. The van der Waals surface area contributed by atoms with Gasteiger partial charge in [0.1, 0.15) is 0 Å². The van der Waals surface area contributed by atoms with Gasteiger partial charge in [0, 0.05) is 32.6 Å². The smallest absolute Gasteiger partial charge is 0.227 e. The number of hydrogen-bond acceptors (Lipinski definition) is 3. The van der Waals surface area contributed by atoms with Crippen molar-refractivity contribution in [1.29, 1.82) is 0 Å². The lowest BCUT2D eigenvalue weighted by atomic mass is 9.92. The van der Waals surface area contributed by atoms with E-state index in [1.165, 1.54) is 6.42 Å². The summed E-state index contributed by atoms with van der Waals surface area (Å²) < 4.78 is 0. The molecule has 2 amide bonds. The molecule has 1 unspecified atom stereocenters. The number of nitrogens with one attached hydrogen (secondary N) is 1. The molecule has 2 aliphatic rings. The summed E-state index contributed by atoms with van der Waals surface area (Å²) in [5, 5.41) is 3.20. The molecule has 0 saturated carbocycles. The van der Waals surface area contributed by atoms with Crippen molar-refractivity contribution < 1.29 is 9.59 Å². The molecule has 2 heterocycles. The van der Waals surface area contributed by atoms with Gasteiger partial charge in [-0.25, -0.2) is 0 Å². The number of halogens is 1. The summed E-state index contributed by atoms with van der Waals surface area (Å²) >= 11 is 0. The Morgan fingerprint density at radius 3 is 2.54 bits per heavy atom. The maximum Gasteiger partial charge on any atom is 0.227 e. The first-order valence-corrected chi connectivity index (χ1v) is 9.42. The molecule has 1 aromatic carbocycles. The van der Waals surface area contributed by atoms with Crippen molar-refractivity contribution in [2.45, 2.75) is 32.2 Å². The highest BCUT2D eigenvalue weighted by molar-refractivity contribution is 5.89. The van der Waals surface area contributed by atoms with Crippen LogP contribution in [0.3, 0.4) is 0 Å². The molecular weight excluding hydrogens is 350 g/mol. The van der Waals surface area contributed by atoms with Crippen LogP contribution in [0, 0.1) is 11.8 Å². The van der Waals surface area contributed by atoms with Crippen LogP contribution < -0.4 is 5.32 Å². The first-order chi connectivity index (χ1) is 12.2. The van der Waals surface area contributed by atoms with Gasteiger partial charge < -0.3 is 15.1 Å². The number of nitrogens with zero attached hydrogens (tertiary/aromatic N) is 2. The van der Waals surface area contributed by atoms with Crippen LogP contribution in [0.1, 0.15) is 31.2 Å². The molecule has 0 bridgehead atoms. The van der Waals surface area contributed by atoms with Crippen molar-refractivity contribution in [3.63, 3.8) is 0 Å². The van der Waals surface area contributed by atoms with Gasteiger partial charge in [-0.1, -0.05) is 30.3 Å². The predicted molar refractivity (Wildman–Crippen MR) is 105 cm³/mol. The fourth-order valence-corrected chi connectivity index (χ4v) is 3.94. The zero-order valence-electron chi connectivity index (χ0n) is 15.5. The minimum atomic E-state index is -0.162. The highest BCUT2D eigenvalue weighted by atomic mass is 35.5. The minimum absolute atomic E-state index is 0. The highest BCUT2D eigenvalue weighted by Gasteiger charge is 2.37. The van der Waals surface area contributed by atoms with E-state index in [2.05, 4.69) is 5.32 Å². The maximum absolute atomic E-state index is 12.8. The topological polar surface area (TPSA) is 52.7 Å². The van der Waals surface area contributed by atoms with E-state index in [1.54, 1.807) is 0 Å². The molecule has 0 aliphatic carbocycles. The molecule has 2 aliphatic heterocycles. The lowest BCUT2D eigenvalue weighted by Crippen LogP contribution is -2.42. The Labute approximate surface area is 162 Å². The number of rotatable bonds is 6. The minimum Gasteiger partial charge on any atom is -0.342 e. The molecular formula is C20H30ClN3O2.